The zero-order valence-electron chi connectivity index (χ0n) is 15.7. The average Bonchev–Trinajstić information content (AvgIpc) is 3.19. The normalized spacial score (nSPS) is 35.0. The number of hydrogen-bond donors (Lipinski definition) is 1. The van der Waals surface area contributed by atoms with Crippen molar-refractivity contribution in [1.29, 1.82) is 0 Å². The van der Waals surface area contributed by atoms with Crippen LogP contribution in [0.2, 0.25) is 0 Å². The lowest BCUT2D eigenvalue weighted by molar-refractivity contribution is -0.128. The maximum atomic E-state index is 13.8. The number of amides is 1. The summed E-state index contributed by atoms with van der Waals surface area (Å²) in [5.41, 5.74) is 0.779. The van der Waals surface area contributed by atoms with Gasteiger partial charge in [0.25, 0.3) is 0 Å². The third-order valence-electron chi connectivity index (χ3n) is 8.37. The zero-order valence-corrected chi connectivity index (χ0v) is 15.7. The Morgan fingerprint density at radius 2 is 1.88 bits per heavy atom. The van der Waals surface area contributed by atoms with Gasteiger partial charge in [-0.05, 0) is 66.5 Å². The smallest absolute Gasteiger partial charge is 0.230 e. The van der Waals surface area contributed by atoms with E-state index in [1.54, 1.807) is 12.1 Å². The number of halogens is 1. The molecule has 1 aromatic carbocycles. The van der Waals surface area contributed by atoms with Gasteiger partial charge in [-0.1, -0.05) is 45.7 Å². The molecule has 0 aromatic heterocycles. The molecule has 0 unspecified atom stereocenters. The number of rotatable bonds is 3. The standard InChI is InChI=1S/C22H30FNO/c1-20(2)15-9-12-21(20,3)18(14-15)24-19(25)22(10-4-5-11-22)16-7-6-8-17(23)13-16/h6-8,13,15,18H,4-5,9-12,14H2,1-3H3,(H,24,25)/t15-,18-,21-/m1/s1. The highest BCUT2D eigenvalue weighted by Gasteiger charge is 2.62. The fourth-order valence-electron chi connectivity index (χ4n) is 6.13. The van der Waals surface area contributed by atoms with Gasteiger partial charge in [0, 0.05) is 6.04 Å². The molecule has 2 bridgehead atoms. The summed E-state index contributed by atoms with van der Waals surface area (Å²) in [6.45, 7) is 7.10. The molecule has 2 nitrogen and oxygen atoms in total. The van der Waals surface area contributed by atoms with E-state index in [1.165, 1.54) is 18.9 Å². The second-order valence-corrected chi connectivity index (χ2v) is 9.44. The van der Waals surface area contributed by atoms with E-state index in [-0.39, 0.29) is 28.6 Å². The third-order valence-corrected chi connectivity index (χ3v) is 8.37. The van der Waals surface area contributed by atoms with E-state index < -0.39 is 5.41 Å². The van der Waals surface area contributed by atoms with Crippen molar-refractivity contribution >= 4 is 5.91 Å². The summed E-state index contributed by atoms with van der Waals surface area (Å²) >= 11 is 0. The predicted molar refractivity (Wildman–Crippen MR) is 97.7 cm³/mol. The molecule has 3 fully saturated rings. The fraction of sp³-hybridized carbons (Fsp3) is 0.682. The Morgan fingerprint density at radius 3 is 2.44 bits per heavy atom. The molecule has 0 aliphatic heterocycles. The molecule has 0 radical (unpaired) electrons. The van der Waals surface area contributed by atoms with Crippen LogP contribution in [0.5, 0.6) is 0 Å². The van der Waals surface area contributed by atoms with Crippen molar-refractivity contribution in [3.63, 3.8) is 0 Å². The van der Waals surface area contributed by atoms with E-state index in [9.17, 15) is 9.18 Å². The lowest BCUT2D eigenvalue weighted by atomic mass is 9.68. The van der Waals surface area contributed by atoms with E-state index in [0.717, 1.165) is 37.7 Å². The van der Waals surface area contributed by atoms with Gasteiger partial charge in [-0.15, -0.1) is 0 Å². The summed E-state index contributed by atoms with van der Waals surface area (Å²) in [5.74, 6) is 0.589. The predicted octanol–water partition coefficient (Wildman–Crippen LogP) is 4.97. The average molecular weight is 343 g/mol. The summed E-state index contributed by atoms with van der Waals surface area (Å²) in [6.07, 6.45) is 7.32. The van der Waals surface area contributed by atoms with Gasteiger partial charge in [-0.3, -0.25) is 4.79 Å². The molecule has 3 aliphatic carbocycles. The van der Waals surface area contributed by atoms with Gasteiger partial charge >= 0.3 is 0 Å². The number of hydrogen-bond acceptors (Lipinski definition) is 1. The van der Waals surface area contributed by atoms with E-state index in [0.29, 0.717) is 5.92 Å². The Labute approximate surface area is 150 Å². The highest BCUT2D eigenvalue weighted by atomic mass is 19.1. The van der Waals surface area contributed by atoms with Crippen molar-refractivity contribution in [2.75, 3.05) is 0 Å². The van der Waals surface area contributed by atoms with Crippen LogP contribution < -0.4 is 5.32 Å². The van der Waals surface area contributed by atoms with Crippen molar-refractivity contribution in [2.24, 2.45) is 16.7 Å². The number of nitrogens with one attached hydrogen (secondary N) is 1. The minimum atomic E-state index is -0.537. The summed E-state index contributed by atoms with van der Waals surface area (Å²) in [7, 11) is 0. The molecule has 0 heterocycles. The minimum absolute atomic E-state index is 0.130. The Kier molecular flexibility index (Phi) is 3.79. The lowest BCUT2D eigenvalue weighted by Gasteiger charge is -2.41. The molecule has 3 saturated carbocycles. The van der Waals surface area contributed by atoms with Crippen molar-refractivity contribution in [3.05, 3.63) is 35.6 Å². The second kappa shape index (κ2) is 5.56. The summed E-state index contributed by atoms with van der Waals surface area (Å²) in [4.78, 5) is 13.4. The lowest BCUT2D eigenvalue weighted by Crippen LogP contribution is -2.52. The third kappa shape index (κ3) is 2.30. The zero-order chi connectivity index (χ0) is 17.9. The Hall–Kier alpha value is -1.38. The van der Waals surface area contributed by atoms with Crippen molar-refractivity contribution in [3.8, 4) is 0 Å². The molecule has 3 atom stereocenters. The maximum absolute atomic E-state index is 13.8. The Morgan fingerprint density at radius 1 is 1.16 bits per heavy atom. The maximum Gasteiger partial charge on any atom is 0.230 e. The molecule has 0 saturated heterocycles. The molecule has 4 rings (SSSR count). The Bertz CT molecular complexity index is 691. The molecule has 1 N–H and O–H groups in total. The van der Waals surface area contributed by atoms with Gasteiger partial charge < -0.3 is 5.32 Å². The molecule has 1 amide bonds. The minimum Gasteiger partial charge on any atom is -0.352 e. The van der Waals surface area contributed by atoms with Crippen LogP contribution in [0.15, 0.2) is 24.3 Å². The number of benzene rings is 1. The Balaban J connectivity index is 1.61. The van der Waals surface area contributed by atoms with Crippen LogP contribution in [-0.4, -0.2) is 11.9 Å². The van der Waals surface area contributed by atoms with Crippen LogP contribution in [-0.2, 0) is 10.2 Å². The van der Waals surface area contributed by atoms with E-state index >= 15 is 0 Å². The topological polar surface area (TPSA) is 29.1 Å². The van der Waals surface area contributed by atoms with Crippen LogP contribution in [0.4, 0.5) is 4.39 Å². The summed E-state index contributed by atoms with van der Waals surface area (Å²) in [6, 6.07) is 6.95. The molecule has 25 heavy (non-hydrogen) atoms. The molecule has 0 spiro atoms. The first-order chi connectivity index (χ1) is 11.8. The van der Waals surface area contributed by atoms with Gasteiger partial charge in [0.2, 0.25) is 5.91 Å². The van der Waals surface area contributed by atoms with Gasteiger partial charge in [-0.2, -0.15) is 0 Å². The SMILES string of the molecule is CC1(C)[C@@H]2CC[C@]1(C)[C@H](NC(=O)C1(c3cccc(F)c3)CCCC1)C2. The summed E-state index contributed by atoms with van der Waals surface area (Å²) in [5, 5.41) is 3.45. The fourth-order valence-corrected chi connectivity index (χ4v) is 6.13. The monoisotopic (exact) mass is 343 g/mol. The molecule has 136 valence electrons. The van der Waals surface area contributed by atoms with Crippen molar-refractivity contribution < 1.29 is 9.18 Å². The molecule has 3 aliphatic rings. The summed E-state index contributed by atoms with van der Waals surface area (Å²) < 4.78 is 13.8. The van der Waals surface area contributed by atoms with Crippen LogP contribution in [0.1, 0.15) is 71.3 Å². The molecular formula is C22H30FNO. The first-order valence-corrected chi connectivity index (χ1v) is 9.87. The number of carbonyl (C=O) groups is 1. The first kappa shape index (κ1) is 17.1. The molecule has 3 heteroatoms. The van der Waals surface area contributed by atoms with Crippen LogP contribution in [0, 0.1) is 22.6 Å². The van der Waals surface area contributed by atoms with Crippen LogP contribution >= 0.6 is 0 Å². The number of fused-ring (bicyclic) bond motifs is 2. The van der Waals surface area contributed by atoms with E-state index in [1.807, 2.05) is 6.07 Å². The van der Waals surface area contributed by atoms with Crippen LogP contribution in [0.25, 0.3) is 0 Å². The van der Waals surface area contributed by atoms with Crippen LogP contribution in [0.3, 0.4) is 0 Å². The van der Waals surface area contributed by atoms with E-state index in [2.05, 4.69) is 26.1 Å². The second-order valence-electron chi connectivity index (χ2n) is 9.44. The largest absolute Gasteiger partial charge is 0.352 e. The van der Waals surface area contributed by atoms with Gasteiger partial charge in [-0.25, -0.2) is 4.39 Å². The van der Waals surface area contributed by atoms with Gasteiger partial charge in [0.1, 0.15) is 5.82 Å². The first-order valence-electron chi connectivity index (χ1n) is 9.87. The molecular weight excluding hydrogens is 313 g/mol. The van der Waals surface area contributed by atoms with Crippen molar-refractivity contribution in [1.82, 2.24) is 5.32 Å². The van der Waals surface area contributed by atoms with Crippen molar-refractivity contribution in [2.45, 2.75) is 77.2 Å². The van der Waals surface area contributed by atoms with E-state index in [4.69, 9.17) is 0 Å². The highest BCUT2D eigenvalue weighted by Crippen LogP contribution is 2.65. The highest BCUT2D eigenvalue weighted by molar-refractivity contribution is 5.89. The quantitative estimate of drug-likeness (QED) is 0.825. The molecule has 1 aromatic rings. The number of carbonyl (C=O) groups excluding carboxylic acids is 1. The van der Waals surface area contributed by atoms with Gasteiger partial charge in [0.05, 0.1) is 5.41 Å². The van der Waals surface area contributed by atoms with Gasteiger partial charge in [0.15, 0.2) is 0 Å².